The smallest absolute Gasteiger partial charge is 0.433 e. The number of hydrogen-bond donors (Lipinski definition) is 2. The molecule has 1 saturated heterocycles. The predicted molar refractivity (Wildman–Crippen MR) is 84.8 cm³/mol. The van der Waals surface area contributed by atoms with Gasteiger partial charge in [0.2, 0.25) is 0 Å². The van der Waals surface area contributed by atoms with E-state index in [1.807, 2.05) is 18.7 Å². The zero-order chi connectivity index (χ0) is 17.0. The molecule has 2 heterocycles. The van der Waals surface area contributed by atoms with Crippen LogP contribution < -0.4 is 10.2 Å². The summed E-state index contributed by atoms with van der Waals surface area (Å²) in [6.45, 7) is 6.66. The van der Waals surface area contributed by atoms with E-state index in [0.29, 0.717) is 37.3 Å². The lowest BCUT2D eigenvalue weighted by Crippen LogP contribution is -2.43. The summed E-state index contributed by atoms with van der Waals surface area (Å²) in [5, 5.41) is 13.5. The molecule has 0 saturated carbocycles. The zero-order valence-corrected chi connectivity index (χ0v) is 13.1. The largest absolute Gasteiger partial charge is 0.506 e. The van der Waals surface area contributed by atoms with Gasteiger partial charge in [0.15, 0.2) is 0 Å². The van der Waals surface area contributed by atoms with E-state index in [1.54, 1.807) is 12.1 Å². The highest BCUT2D eigenvalue weighted by Crippen LogP contribution is 2.37. The minimum Gasteiger partial charge on any atom is -0.506 e. The number of nitrogens with zero attached hydrogens (tertiary/aromatic N) is 2. The SMILES string of the molecule is CC.Oc1cccc2c(N3CCNCC3)cc(C(F)(F)F)nc12. The number of benzene rings is 1. The predicted octanol–water partition coefficient (Wildman–Crippen LogP) is 3.40. The first-order valence-electron chi connectivity index (χ1n) is 7.62. The van der Waals surface area contributed by atoms with E-state index in [0.717, 1.165) is 6.07 Å². The van der Waals surface area contributed by atoms with Crippen LogP contribution in [0.4, 0.5) is 18.9 Å². The molecule has 1 aliphatic rings. The Morgan fingerprint density at radius 1 is 1.17 bits per heavy atom. The van der Waals surface area contributed by atoms with Crippen molar-refractivity contribution in [3.8, 4) is 5.75 Å². The first-order chi connectivity index (χ1) is 11.0. The number of phenols is 1. The molecule has 4 nitrogen and oxygen atoms in total. The van der Waals surface area contributed by atoms with E-state index in [9.17, 15) is 18.3 Å². The first-order valence-corrected chi connectivity index (χ1v) is 7.62. The molecule has 0 radical (unpaired) electrons. The molecule has 126 valence electrons. The van der Waals surface area contributed by atoms with Gasteiger partial charge in [-0.05, 0) is 12.1 Å². The van der Waals surface area contributed by atoms with Gasteiger partial charge in [0.05, 0.1) is 0 Å². The maximum Gasteiger partial charge on any atom is 0.433 e. The number of hydrogen-bond acceptors (Lipinski definition) is 4. The molecule has 0 bridgehead atoms. The Morgan fingerprint density at radius 2 is 1.83 bits per heavy atom. The maximum atomic E-state index is 13.0. The van der Waals surface area contributed by atoms with E-state index >= 15 is 0 Å². The van der Waals surface area contributed by atoms with Crippen molar-refractivity contribution < 1.29 is 18.3 Å². The Hall–Kier alpha value is -2.02. The van der Waals surface area contributed by atoms with Crippen LogP contribution in [0, 0.1) is 0 Å². The molecule has 0 aliphatic carbocycles. The average molecular weight is 327 g/mol. The number of fused-ring (bicyclic) bond motifs is 1. The van der Waals surface area contributed by atoms with Crippen molar-refractivity contribution in [2.75, 3.05) is 31.1 Å². The van der Waals surface area contributed by atoms with Crippen LogP contribution in [0.2, 0.25) is 0 Å². The number of nitrogens with one attached hydrogen (secondary N) is 1. The number of rotatable bonds is 1. The number of para-hydroxylation sites is 1. The Kier molecular flexibility index (Phi) is 5.30. The van der Waals surface area contributed by atoms with Gasteiger partial charge in [-0.2, -0.15) is 13.2 Å². The van der Waals surface area contributed by atoms with E-state index in [2.05, 4.69) is 10.3 Å². The quantitative estimate of drug-likeness (QED) is 0.843. The molecule has 2 N–H and O–H groups in total. The first kappa shape index (κ1) is 17.3. The van der Waals surface area contributed by atoms with Crippen LogP contribution >= 0.6 is 0 Å². The highest BCUT2D eigenvalue weighted by atomic mass is 19.4. The molecule has 0 unspecified atom stereocenters. The van der Waals surface area contributed by atoms with Crippen LogP contribution in [0.25, 0.3) is 10.9 Å². The lowest BCUT2D eigenvalue weighted by Gasteiger charge is -2.30. The van der Waals surface area contributed by atoms with Gasteiger partial charge in [-0.15, -0.1) is 0 Å². The molecule has 2 aromatic rings. The van der Waals surface area contributed by atoms with E-state index in [1.165, 1.54) is 6.07 Å². The molecule has 1 aliphatic heterocycles. The molecular formula is C16H20F3N3O. The second-order valence-corrected chi connectivity index (χ2v) is 4.93. The molecule has 0 amide bonds. The van der Waals surface area contributed by atoms with Gasteiger partial charge in [-0.25, -0.2) is 4.98 Å². The standard InChI is InChI=1S/C14H14F3N3O.C2H6/c15-14(16,17)12-8-10(20-6-4-18-5-7-20)9-2-1-3-11(21)13(9)19-12;1-2/h1-3,8,18,21H,4-7H2;1-2H3. The lowest BCUT2D eigenvalue weighted by atomic mass is 10.1. The average Bonchev–Trinajstić information content (AvgIpc) is 2.56. The number of piperazine rings is 1. The fourth-order valence-corrected chi connectivity index (χ4v) is 2.53. The summed E-state index contributed by atoms with van der Waals surface area (Å²) in [5.41, 5.74) is -0.532. The van der Waals surface area contributed by atoms with Crippen molar-refractivity contribution in [1.82, 2.24) is 10.3 Å². The van der Waals surface area contributed by atoms with Crippen LogP contribution in [-0.4, -0.2) is 36.3 Å². The summed E-state index contributed by atoms with van der Waals surface area (Å²) in [6.07, 6.45) is -4.54. The summed E-state index contributed by atoms with van der Waals surface area (Å²) in [4.78, 5) is 5.47. The molecule has 7 heteroatoms. The summed E-state index contributed by atoms with van der Waals surface area (Å²) >= 11 is 0. The molecule has 1 aromatic heterocycles. The van der Waals surface area contributed by atoms with Crippen LogP contribution in [0.3, 0.4) is 0 Å². The minimum absolute atomic E-state index is 0.0131. The Morgan fingerprint density at radius 3 is 2.43 bits per heavy atom. The van der Waals surface area contributed by atoms with Gasteiger partial charge in [-0.3, -0.25) is 0 Å². The second-order valence-electron chi connectivity index (χ2n) is 4.93. The van der Waals surface area contributed by atoms with Crippen LogP contribution in [0.15, 0.2) is 24.3 Å². The van der Waals surface area contributed by atoms with Gasteiger partial charge in [0.1, 0.15) is 17.0 Å². The van der Waals surface area contributed by atoms with Crippen molar-refractivity contribution in [1.29, 1.82) is 0 Å². The van der Waals surface area contributed by atoms with Crippen LogP contribution in [0.1, 0.15) is 19.5 Å². The normalized spacial score (nSPS) is 15.3. The van der Waals surface area contributed by atoms with E-state index < -0.39 is 11.9 Å². The molecule has 1 aromatic carbocycles. The van der Waals surface area contributed by atoms with Crippen molar-refractivity contribution in [3.05, 3.63) is 30.0 Å². The molecule has 0 spiro atoms. The van der Waals surface area contributed by atoms with Gasteiger partial charge in [-0.1, -0.05) is 26.0 Å². The van der Waals surface area contributed by atoms with Crippen molar-refractivity contribution in [2.24, 2.45) is 0 Å². The van der Waals surface area contributed by atoms with Crippen LogP contribution in [0.5, 0.6) is 5.75 Å². The monoisotopic (exact) mass is 327 g/mol. The van der Waals surface area contributed by atoms with Crippen molar-refractivity contribution in [3.63, 3.8) is 0 Å². The number of halogens is 3. The molecule has 1 fully saturated rings. The Labute approximate surface area is 132 Å². The second kappa shape index (κ2) is 7.04. The summed E-state index contributed by atoms with van der Waals surface area (Å²) in [5.74, 6) is -0.241. The number of alkyl halides is 3. The Bertz CT molecular complexity index is 667. The summed E-state index contributed by atoms with van der Waals surface area (Å²) < 4.78 is 39.1. The fraction of sp³-hybridized carbons (Fsp3) is 0.438. The zero-order valence-electron chi connectivity index (χ0n) is 13.1. The highest BCUT2D eigenvalue weighted by Gasteiger charge is 2.34. The van der Waals surface area contributed by atoms with Gasteiger partial charge >= 0.3 is 6.18 Å². The molecule has 23 heavy (non-hydrogen) atoms. The number of aromatic nitrogens is 1. The minimum atomic E-state index is -4.54. The van der Waals surface area contributed by atoms with Crippen molar-refractivity contribution in [2.45, 2.75) is 20.0 Å². The van der Waals surface area contributed by atoms with Gasteiger partial charge in [0.25, 0.3) is 0 Å². The number of aromatic hydroxyl groups is 1. The third-order valence-electron chi connectivity index (χ3n) is 3.54. The number of pyridine rings is 1. The summed E-state index contributed by atoms with van der Waals surface area (Å²) in [7, 11) is 0. The molecule has 3 rings (SSSR count). The molecular weight excluding hydrogens is 307 g/mol. The van der Waals surface area contributed by atoms with Crippen molar-refractivity contribution >= 4 is 16.6 Å². The number of anilines is 1. The topological polar surface area (TPSA) is 48.4 Å². The highest BCUT2D eigenvalue weighted by molar-refractivity contribution is 5.95. The number of phenolic OH excluding ortho intramolecular Hbond substituents is 1. The Balaban J connectivity index is 0.000000924. The fourth-order valence-electron chi connectivity index (χ4n) is 2.53. The van der Waals surface area contributed by atoms with E-state index in [-0.39, 0.29) is 11.3 Å². The van der Waals surface area contributed by atoms with Gasteiger partial charge < -0.3 is 15.3 Å². The third kappa shape index (κ3) is 3.67. The summed E-state index contributed by atoms with van der Waals surface area (Å²) in [6, 6.07) is 5.70. The maximum absolute atomic E-state index is 13.0. The lowest BCUT2D eigenvalue weighted by molar-refractivity contribution is -0.140. The van der Waals surface area contributed by atoms with Gasteiger partial charge in [0, 0.05) is 37.3 Å². The van der Waals surface area contributed by atoms with Crippen LogP contribution in [-0.2, 0) is 6.18 Å². The van der Waals surface area contributed by atoms with E-state index in [4.69, 9.17) is 0 Å². The molecule has 0 atom stereocenters. The third-order valence-corrected chi connectivity index (χ3v) is 3.54.